The number of rotatable bonds is 6. The van der Waals surface area contributed by atoms with Gasteiger partial charge in [-0.25, -0.2) is 4.39 Å². The molecular weight excluding hydrogens is 263 g/mol. The van der Waals surface area contributed by atoms with E-state index in [2.05, 4.69) is 18.7 Å². The summed E-state index contributed by atoms with van der Waals surface area (Å²) < 4.78 is 14.2. The molecule has 118 valence electrons. The Hall–Kier alpha value is -1.09. The van der Waals surface area contributed by atoms with Crippen molar-refractivity contribution in [1.29, 1.82) is 0 Å². The molecule has 1 aromatic carbocycles. The van der Waals surface area contributed by atoms with Crippen molar-refractivity contribution in [3.05, 3.63) is 29.6 Å². The van der Waals surface area contributed by atoms with Gasteiger partial charge in [-0.3, -0.25) is 0 Å². The number of hydrogen-bond donors (Lipinski definition) is 1. The molecule has 1 fully saturated rings. The van der Waals surface area contributed by atoms with Crippen LogP contribution in [0.25, 0.3) is 0 Å². The number of halogens is 1. The molecule has 2 rings (SSSR count). The van der Waals surface area contributed by atoms with E-state index in [-0.39, 0.29) is 11.9 Å². The molecular formula is C18H29FN2. The van der Waals surface area contributed by atoms with Crippen LogP contribution in [-0.2, 0) is 0 Å². The van der Waals surface area contributed by atoms with Crippen LogP contribution in [0.15, 0.2) is 18.2 Å². The van der Waals surface area contributed by atoms with Gasteiger partial charge >= 0.3 is 0 Å². The first-order valence-corrected chi connectivity index (χ1v) is 8.31. The molecule has 2 nitrogen and oxygen atoms in total. The van der Waals surface area contributed by atoms with Gasteiger partial charge < -0.3 is 10.6 Å². The van der Waals surface area contributed by atoms with Gasteiger partial charge in [0.2, 0.25) is 0 Å². The molecule has 0 bridgehead atoms. The molecule has 0 amide bonds. The third kappa shape index (κ3) is 3.97. The van der Waals surface area contributed by atoms with Crippen molar-refractivity contribution in [1.82, 2.24) is 0 Å². The normalized spacial score (nSPS) is 17.4. The van der Waals surface area contributed by atoms with Crippen molar-refractivity contribution in [2.45, 2.75) is 65.0 Å². The average Bonchev–Trinajstić information content (AvgIpc) is 2.92. The van der Waals surface area contributed by atoms with Gasteiger partial charge in [-0.1, -0.05) is 32.8 Å². The first kappa shape index (κ1) is 16.3. The van der Waals surface area contributed by atoms with E-state index in [1.165, 1.54) is 31.7 Å². The van der Waals surface area contributed by atoms with Gasteiger partial charge in [-0.2, -0.15) is 0 Å². The number of nitrogens with two attached hydrogens (primary N) is 1. The van der Waals surface area contributed by atoms with Crippen LogP contribution < -0.4 is 10.6 Å². The number of anilines is 1. The lowest BCUT2D eigenvalue weighted by Gasteiger charge is -2.34. The highest BCUT2D eigenvalue weighted by molar-refractivity contribution is 5.56. The molecule has 0 unspecified atom stereocenters. The van der Waals surface area contributed by atoms with E-state index >= 15 is 0 Å². The molecule has 0 aliphatic heterocycles. The van der Waals surface area contributed by atoms with Crippen LogP contribution in [0.5, 0.6) is 0 Å². The number of hydrogen-bond acceptors (Lipinski definition) is 2. The summed E-state index contributed by atoms with van der Waals surface area (Å²) in [5, 5.41) is 0. The van der Waals surface area contributed by atoms with E-state index in [0.29, 0.717) is 17.5 Å². The zero-order valence-electron chi connectivity index (χ0n) is 13.6. The first-order valence-electron chi connectivity index (χ1n) is 8.31. The molecule has 0 spiro atoms. The number of benzene rings is 1. The Morgan fingerprint density at radius 3 is 2.48 bits per heavy atom. The molecule has 21 heavy (non-hydrogen) atoms. The Kier molecular flexibility index (Phi) is 5.63. The zero-order valence-corrected chi connectivity index (χ0v) is 13.6. The van der Waals surface area contributed by atoms with Crippen molar-refractivity contribution < 1.29 is 4.39 Å². The molecule has 3 heteroatoms. The lowest BCUT2D eigenvalue weighted by atomic mass is 10.0. The lowest BCUT2D eigenvalue weighted by Crippen LogP contribution is -2.36. The molecule has 1 atom stereocenters. The van der Waals surface area contributed by atoms with E-state index in [0.717, 1.165) is 18.7 Å². The minimum atomic E-state index is -0.274. The summed E-state index contributed by atoms with van der Waals surface area (Å²) in [5.74, 6) is 0.483. The molecule has 1 saturated carbocycles. The summed E-state index contributed by atoms with van der Waals surface area (Å²) in [6, 6.07) is 5.65. The summed E-state index contributed by atoms with van der Waals surface area (Å²) in [7, 11) is 0. The molecule has 1 aliphatic carbocycles. The summed E-state index contributed by atoms with van der Waals surface area (Å²) in [6.45, 7) is 7.35. The van der Waals surface area contributed by atoms with E-state index in [4.69, 9.17) is 5.73 Å². The van der Waals surface area contributed by atoms with Gasteiger partial charge in [0.25, 0.3) is 0 Å². The Morgan fingerprint density at radius 1 is 1.24 bits per heavy atom. The summed E-state index contributed by atoms with van der Waals surface area (Å²) in [6.07, 6.45) is 6.13. The van der Waals surface area contributed by atoms with Crippen LogP contribution in [0.1, 0.15) is 64.5 Å². The fraction of sp³-hybridized carbons (Fsp3) is 0.667. The van der Waals surface area contributed by atoms with E-state index in [9.17, 15) is 4.39 Å². The van der Waals surface area contributed by atoms with E-state index in [1.54, 1.807) is 0 Å². The predicted octanol–water partition coefficient (Wildman–Crippen LogP) is 4.64. The van der Waals surface area contributed by atoms with Crippen LogP contribution in [0, 0.1) is 11.7 Å². The van der Waals surface area contributed by atoms with Crippen LogP contribution in [0.2, 0.25) is 0 Å². The van der Waals surface area contributed by atoms with Crippen LogP contribution in [0.4, 0.5) is 10.1 Å². The second-order valence-corrected chi connectivity index (χ2v) is 6.78. The quantitative estimate of drug-likeness (QED) is 0.827. The largest absolute Gasteiger partial charge is 0.368 e. The average molecular weight is 292 g/mol. The van der Waals surface area contributed by atoms with Gasteiger partial charge in [0.1, 0.15) is 5.82 Å². The second-order valence-electron chi connectivity index (χ2n) is 6.78. The fourth-order valence-corrected chi connectivity index (χ4v) is 3.34. The van der Waals surface area contributed by atoms with Crippen molar-refractivity contribution >= 4 is 5.69 Å². The summed E-state index contributed by atoms with van der Waals surface area (Å²) in [5.41, 5.74) is 7.73. The van der Waals surface area contributed by atoms with Gasteiger partial charge in [-0.15, -0.1) is 0 Å². The molecule has 2 N–H and O–H groups in total. The van der Waals surface area contributed by atoms with Gasteiger partial charge in [0.15, 0.2) is 0 Å². The van der Waals surface area contributed by atoms with Crippen molar-refractivity contribution in [3.8, 4) is 0 Å². The third-order valence-electron chi connectivity index (χ3n) is 4.51. The Bertz CT molecular complexity index is 451. The van der Waals surface area contributed by atoms with Gasteiger partial charge in [-0.05, 0) is 44.2 Å². The van der Waals surface area contributed by atoms with Crippen molar-refractivity contribution in [2.75, 3.05) is 11.4 Å². The maximum Gasteiger partial charge on any atom is 0.130 e. The monoisotopic (exact) mass is 292 g/mol. The standard InChI is InChI=1S/C18H29FN2/c1-13(2)11-12-21(15-7-4-5-8-15)17-10-6-9-16(19)18(17)14(3)20/h6,9-10,13-15H,4-5,7-8,11-12,20H2,1-3H3/t14-/m1/s1. The molecule has 1 aromatic rings. The molecule has 0 heterocycles. The molecule has 0 radical (unpaired) electrons. The van der Waals surface area contributed by atoms with E-state index in [1.807, 2.05) is 19.1 Å². The third-order valence-corrected chi connectivity index (χ3v) is 4.51. The van der Waals surface area contributed by atoms with Crippen LogP contribution in [0.3, 0.4) is 0 Å². The van der Waals surface area contributed by atoms with Crippen molar-refractivity contribution in [3.63, 3.8) is 0 Å². The topological polar surface area (TPSA) is 29.3 Å². The van der Waals surface area contributed by atoms with Gasteiger partial charge in [0, 0.05) is 29.9 Å². The predicted molar refractivity (Wildman–Crippen MR) is 88.1 cm³/mol. The Balaban J connectivity index is 2.33. The molecule has 1 aliphatic rings. The number of nitrogens with zero attached hydrogens (tertiary/aromatic N) is 1. The SMILES string of the molecule is CC(C)CCN(c1cccc(F)c1[C@@H](C)N)C1CCCC1. The van der Waals surface area contributed by atoms with Crippen molar-refractivity contribution in [2.24, 2.45) is 11.7 Å². The fourth-order valence-electron chi connectivity index (χ4n) is 3.34. The Labute approximate surface area is 128 Å². The van der Waals surface area contributed by atoms with Gasteiger partial charge in [0.05, 0.1) is 0 Å². The lowest BCUT2D eigenvalue weighted by molar-refractivity contribution is 0.522. The first-order chi connectivity index (χ1) is 10.0. The smallest absolute Gasteiger partial charge is 0.130 e. The molecule has 0 aromatic heterocycles. The highest BCUT2D eigenvalue weighted by Gasteiger charge is 2.26. The van der Waals surface area contributed by atoms with E-state index < -0.39 is 0 Å². The maximum atomic E-state index is 14.2. The van der Waals surface area contributed by atoms with Crippen LogP contribution >= 0.6 is 0 Å². The highest BCUT2D eigenvalue weighted by atomic mass is 19.1. The maximum absolute atomic E-state index is 14.2. The minimum absolute atomic E-state index is 0.171. The molecule has 0 saturated heterocycles. The minimum Gasteiger partial charge on any atom is -0.368 e. The highest BCUT2D eigenvalue weighted by Crippen LogP contribution is 2.34. The zero-order chi connectivity index (χ0) is 15.4. The summed E-state index contributed by atoms with van der Waals surface area (Å²) in [4.78, 5) is 2.43. The second kappa shape index (κ2) is 7.26. The van der Waals surface area contributed by atoms with Crippen LogP contribution in [-0.4, -0.2) is 12.6 Å². The Morgan fingerprint density at radius 2 is 1.90 bits per heavy atom. The summed E-state index contributed by atoms with van der Waals surface area (Å²) >= 11 is 0.